The first-order chi connectivity index (χ1) is 13.4. The SMILES string of the molecule is CCC(C)(C)C1CCC2(CC1)NC(=O)N(CC(=O)OC(C)C(=O)NC(N)=O)C2=O. The van der Waals surface area contributed by atoms with Gasteiger partial charge in [-0.2, -0.15) is 0 Å². The average molecular weight is 410 g/mol. The Morgan fingerprint density at radius 1 is 1.31 bits per heavy atom. The van der Waals surface area contributed by atoms with E-state index in [0.717, 1.165) is 24.2 Å². The Balaban J connectivity index is 1.96. The van der Waals surface area contributed by atoms with Crippen molar-refractivity contribution in [2.24, 2.45) is 17.1 Å². The maximum absolute atomic E-state index is 12.9. The molecule has 1 atom stereocenters. The fourth-order valence-electron chi connectivity index (χ4n) is 3.98. The van der Waals surface area contributed by atoms with Gasteiger partial charge in [-0.05, 0) is 43.9 Å². The summed E-state index contributed by atoms with van der Waals surface area (Å²) >= 11 is 0. The van der Waals surface area contributed by atoms with Crippen LogP contribution in [0.5, 0.6) is 0 Å². The molecule has 162 valence electrons. The highest BCUT2D eigenvalue weighted by Crippen LogP contribution is 2.45. The van der Waals surface area contributed by atoms with Gasteiger partial charge in [-0.15, -0.1) is 0 Å². The maximum Gasteiger partial charge on any atom is 0.327 e. The van der Waals surface area contributed by atoms with Crippen LogP contribution in [-0.4, -0.2) is 52.9 Å². The van der Waals surface area contributed by atoms with Crippen molar-refractivity contribution in [2.75, 3.05) is 6.54 Å². The van der Waals surface area contributed by atoms with E-state index in [1.165, 1.54) is 6.92 Å². The monoisotopic (exact) mass is 410 g/mol. The summed E-state index contributed by atoms with van der Waals surface area (Å²) in [5, 5.41) is 4.55. The van der Waals surface area contributed by atoms with E-state index in [0.29, 0.717) is 18.8 Å². The lowest BCUT2D eigenvalue weighted by atomic mass is 9.65. The summed E-state index contributed by atoms with van der Waals surface area (Å²) in [7, 11) is 0. The molecule has 29 heavy (non-hydrogen) atoms. The summed E-state index contributed by atoms with van der Waals surface area (Å²) < 4.78 is 4.89. The third-order valence-electron chi connectivity index (χ3n) is 6.31. The lowest BCUT2D eigenvalue weighted by Gasteiger charge is -2.42. The van der Waals surface area contributed by atoms with Crippen LogP contribution in [-0.2, 0) is 19.1 Å². The number of nitrogens with zero attached hydrogens (tertiary/aromatic N) is 1. The third kappa shape index (κ3) is 4.86. The van der Waals surface area contributed by atoms with Gasteiger partial charge in [0.1, 0.15) is 12.1 Å². The van der Waals surface area contributed by atoms with Crippen molar-refractivity contribution in [3.05, 3.63) is 0 Å². The molecule has 2 fully saturated rings. The zero-order valence-electron chi connectivity index (χ0n) is 17.4. The molecule has 1 aliphatic heterocycles. The number of amides is 6. The van der Waals surface area contributed by atoms with Gasteiger partial charge in [0, 0.05) is 0 Å². The van der Waals surface area contributed by atoms with E-state index in [2.05, 4.69) is 26.1 Å². The number of hydrogen-bond donors (Lipinski definition) is 3. The molecule has 1 heterocycles. The number of carbonyl (C=O) groups is 5. The van der Waals surface area contributed by atoms with Crippen molar-refractivity contribution in [1.82, 2.24) is 15.5 Å². The summed E-state index contributed by atoms with van der Waals surface area (Å²) in [6.45, 7) is 7.21. The Labute approximate surface area is 169 Å². The molecule has 1 saturated carbocycles. The normalized spacial score (nSPS) is 25.5. The largest absolute Gasteiger partial charge is 0.451 e. The van der Waals surface area contributed by atoms with E-state index in [4.69, 9.17) is 10.5 Å². The summed E-state index contributed by atoms with van der Waals surface area (Å²) in [6.07, 6.45) is 2.41. The predicted molar refractivity (Wildman–Crippen MR) is 102 cm³/mol. The highest BCUT2D eigenvalue weighted by Gasteiger charge is 2.54. The Bertz CT molecular complexity index is 711. The quantitative estimate of drug-likeness (QED) is 0.440. The second-order valence-corrected chi connectivity index (χ2v) is 8.51. The van der Waals surface area contributed by atoms with Crippen LogP contribution in [0.3, 0.4) is 0 Å². The smallest absolute Gasteiger partial charge is 0.327 e. The molecule has 1 aliphatic carbocycles. The number of imide groups is 2. The second-order valence-electron chi connectivity index (χ2n) is 8.51. The van der Waals surface area contributed by atoms with Gasteiger partial charge in [0.2, 0.25) is 0 Å². The molecule has 1 saturated heterocycles. The number of carbonyl (C=O) groups excluding carboxylic acids is 5. The number of ether oxygens (including phenoxy) is 1. The number of nitrogens with two attached hydrogens (primary N) is 1. The summed E-state index contributed by atoms with van der Waals surface area (Å²) in [6, 6.07) is -1.72. The maximum atomic E-state index is 12.9. The lowest BCUT2D eigenvalue weighted by Crippen LogP contribution is -2.51. The highest BCUT2D eigenvalue weighted by molar-refractivity contribution is 6.08. The zero-order valence-corrected chi connectivity index (χ0v) is 17.4. The topological polar surface area (TPSA) is 148 Å². The molecule has 0 radical (unpaired) electrons. The third-order valence-corrected chi connectivity index (χ3v) is 6.31. The molecule has 0 aromatic heterocycles. The Morgan fingerprint density at radius 2 is 1.90 bits per heavy atom. The average Bonchev–Trinajstić information content (AvgIpc) is 2.85. The van der Waals surface area contributed by atoms with E-state index >= 15 is 0 Å². The van der Waals surface area contributed by atoms with E-state index in [-0.39, 0.29) is 5.41 Å². The summed E-state index contributed by atoms with van der Waals surface area (Å²) in [4.78, 5) is 60.4. The fourth-order valence-corrected chi connectivity index (χ4v) is 3.98. The van der Waals surface area contributed by atoms with E-state index in [9.17, 15) is 24.0 Å². The van der Waals surface area contributed by atoms with E-state index < -0.39 is 48.0 Å². The van der Waals surface area contributed by atoms with Crippen LogP contribution < -0.4 is 16.4 Å². The molecule has 0 bridgehead atoms. The fraction of sp³-hybridized carbons (Fsp3) is 0.737. The first-order valence-corrected chi connectivity index (χ1v) is 9.86. The van der Waals surface area contributed by atoms with Gasteiger partial charge in [0.05, 0.1) is 0 Å². The minimum absolute atomic E-state index is 0.165. The van der Waals surface area contributed by atoms with Gasteiger partial charge in [-0.1, -0.05) is 27.2 Å². The molecule has 0 aromatic rings. The molecule has 0 aromatic carbocycles. The van der Waals surface area contributed by atoms with Crippen LogP contribution >= 0.6 is 0 Å². The van der Waals surface area contributed by atoms with Gasteiger partial charge < -0.3 is 15.8 Å². The van der Waals surface area contributed by atoms with Gasteiger partial charge in [-0.3, -0.25) is 24.6 Å². The number of primary amides is 1. The van der Waals surface area contributed by atoms with Crippen LogP contribution in [0.1, 0.15) is 59.8 Å². The van der Waals surface area contributed by atoms with Crippen LogP contribution in [0.4, 0.5) is 9.59 Å². The first-order valence-electron chi connectivity index (χ1n) is 9.86. The summed E-state index contributed by atoms with van der Waals surface area (Å²) in [5.74, 6) is -1.80. The van der Waals surface area contributed by atoms with E-state index in [1.807, 2.05) is 0 Å². The van der Waals surface area contributed by atoms with Gasteiger partial charge >= 0.3 is 18.0 Å². The molecular weight excluding hydrogens is 380 g/mol. The molecule has 10 heteroatoms. The molecular formula is C19H30N4O6. The lowest BCUT2D eigenvalue weighted by molar-refractivity contribution is -0.156. The van der Waals surface area contributed by atoms with E-state index in [1.54, 1.807) is 5.32 Å². The van der Waals surface area contributed by atoms with Crippen LogP contribution in [0.15, 0.2) is 0 Å². The van der Waals surface area contributed by atoms with Crippen LogP contribution in [0, 0.1) is 11.3 Å². The van der Waals surface area contributed by atoms with Gasteiger partial charge in [0.25, 0.3) is 11.8 Å². The van der Waals surface area contributed by atoms with Crippen molar-refractivity contribution in [1.29, 1.82) is 0 Å². The number of nitrogens with one attached hydrogen (secondary N) is 2. The minimum atomic E-state index is -1.29. The van der Waals surface area contributed by atoms with Crippen molar-refractivity contribution in [2.45, 2.75) is 71.4 Å². The Hall–Kier alpha value is -2.65. The predicted octanol–water partition coefficient (Wildman–Crippen LogP) is 1.03. The van der Waals surface area contributed by atoms with Crippen molar-refractivity contribution >= 4 is 29.8 Å². The Kier molecular flexibility index (Phi) is 6.54. The molecule has 4 N–H and O–H groups in total. The number of hydrogen-bond acceptors (Lipinski definition) is 6. The second kappa shape index (κ2) is 8.38. The number of esters is 1. The molecule has 2 aliphatic rings. The molecule has 6 amide bonds. The molecule has 1 spiro atoms. The number of rotatable bonds is 6. The van der Waals surface area contributed by atoms with Gasteiger partial charge in [0.15, 0.2) is 6.10 Å². The zero-order chi connectivity index (χ0) is 22.0. The van der Waals surface area contributed by atoms with Crippen molar-refractivity contribution in [3.8, 4) is 0 Å². The molecule has 2 rings (SSSR count). The van der Waals surface area contributed by atoms with Crippen molar-refractivity contribution in [3.63, 3.8) is 0 Å². The molecule has 10 nitrogen and oxygen atoms in total. The van der Waals surface area contributed by atoms with Crippen LogP contribution in [0.2, 0.25) is 0 Å². The minimum Gasteiger partial charge on any atom is -0.451 e. The van der Waals surface area contributed by atoms with Crippen LogP contribution in [0.25, 0.3) is 0 Å². The standard InChI is InChI=1S/C19H30N4O6/c1-5-18(3,4)12-6-8-19(9-7-12)15(26)23(17(28)22-19)10-13(24)29-11(2)14(25)21-16(20)27/h11-12H,5-10H2,1-4H3,(H,22,28)(H3,20,21,25,27). The highest BCUT2D eigenvalue weighted by atomic mass is 16.5. The number of urea groups is 2. The van der Waals surface area contributed by atoms with Crippen molar-refractivity contribution < 1.29 is 28.7 Å². The van der Waals surface area contributed by atoms with Gasteiger partial charge in [-0.25, -0.2) is 9.59 Å². The summed E-state index contributed by atoms with van der Waals surface area (Å²) in [5.41, 5.74) is 4.02. The Morgan fingerprint density at radius 3 is 2.41 bits per heavy atom. The molecule has 1 unspecified atom stereocenters. The first kappa shape index (κ1) is 22.6.